The quantitative estimate of drug-likeness (QED) is 0.624. The van der Waals surface area contributed by atoms with Crippen LogP contribution >= 0.6 is 23.8 Å². The Bertz CT molecular complexity index is 646. The zero-order chi connectivity index (χ0) is 15.9. The van der Waals surface area contributed by atoms with Crippen LogP contribution in [-0.2, 0) is 6.54 Å². The third-order valence-electron chi connectivity index (χ3n) is 2.93. The Balaban J connectivity index is 1.92. The molecule has 1 aromatic carbocycles. The van der Waals surface area contributed by atoms with Crippen LogP contribution < -0.4 is 10.6 Å². The number of benzene rings is 1. The van der Waals surface area contributed by atoms with Gasteiger partial charge in [-0.25, -0.2) is 14.1 Å². The molecule has 0 unspecified atom stereocenters. The molecule has 0 aliphatic heterocycles. The molecule has 1 heterocycles. The zero-order valence-corrected chi connectivity index (χ0v) is 13.7. The van der Waals surface area contributed by atoms with Gasteiger partial charge in [-0.2, -0.15) is 0 Å². The third kappa shape index (κ3) is 4.92. The maximum absolute atomic E-state index is 13.0. The summed E-state index contributed by atoms with van der Waals surface area (Å²) >= 11 is 11.1. The maximum atomic E-state index is 13.0. The standard InChI is InChI=1S/C14H17ClFN5S/c1-2-3-6-17-14(22)19-13-18-9-21(20-13)8-10-4-5-11(16)7-12(10)15/h4-5,7,9H,2-3,6,8H2,1H3,(H2,17,19,20,22). The highest BCUT2D eigenvalue weighted by Gasteiger charge is 2.06. The fourth-order valence-electron chi connectivity index (χ4n) is 1.78. The van der Waals surface area contributed by atoms with Gasteiger partial charge in [0, 0.05) is 11.6 Å². The van der Waals surface area contributed by atoms with E-state index in [1.54, 1.807) is 17.1 Å². The summed E-state index contributed by atoms with van der Waals surface area (Å²) in [6.45, 7) is 3.33. The fraction of sp³-hybridized carbons (Fsp3) is 0.357. The molecule has 118 valence electrons. The van der Waals surface area contributed by atoms with E-state index >= 15 is 0 Å². The lowest BCUT2D eigenvalue weighted by Gasteiger charge is -2.07. The molecule has 0 aliphatic rings. The number of unbranched alkanes of at least 4 members (excludes halogenated alkanes) is 1. The molecule has 8 heteroatoms. The van der Waals surface area contributed by atoms with E-state index < -0.39 is 0 Å². The Hall–Kier alpha value is -1.73. The summed E-state index contributed by atoms with van der Waals surface area (Å²) in [7, 11) is 0. The molecule has 1 aromatic heterocycles. The number of nitrogens with zero attached hydrogens (tertiary/aromatic N) is 3. The average molecular weight is 342 g/mol. The van der Waals surface area contributed by atoms with Crippen LogP contribution in [0.1, 0.15) is 25.3 Å². The van der Waals surface area contributed by atoms with Crippen molar-refractivity contribution >= 4 is 34.9 Å². The third-order valence-corrected chi connectivity index (χ3v) is 3.52. The van der Waals surface area contributed by atoms with E-state index in [2.05, 4.69) is 27.6 Å². The zero-order valence-electron chi connectivity index (χ0n) is 12.1. The summed E-state index contributed by atoms with van der Waals surface area (Å²) in [5, 5.41) is 11.1. The van der Waals surface area contributed by atoms with Gasteiger partial charge < -0.3 is 5.32 Å². The Labute approximate surface area is 138 Å². The van der Waals surface area contributed by atoms with Gasteiger partial charge in [0.15, 0.2) is 5.11 Å². The normalized spacial score (nSPS) is 10.5. The van der Waals surface area contributed by atoms with Crippen LogP contribution in [0, 0.1) is 5.82 Å². The summed E-state index contributed by atoms with van der Waals surface area (Å²) in [4.78, 5) is 4.12. The van der Waals surface area contributed by atoms with Crippen LogP contribution in [0.15, 0.2) is 24.5 Å². The number of rotatable bonds is 6. The van der Waals surface area contributed by atoms with Crippen LogP contribution in [0.4, 0.5) is 10.3 Å². The first kappa shape index (κ1) is 16.6. The average Bonchev–Trinajstić information content (AvgIpc) is 2.89. The van der Waals surface area contributed by atoms with E-state index in [4.69, 9.17) is 23.8 Å². The van der Waals surface area contributed by atoms with Crippen molar-refractivity contribution in [3.05, 3.63) is 40.9 Å². The highest BCUT2D eigenvalue weighted by molar-refractivity contribution is 7.80. The number of aromatic nitrogens is 3. The van der Waals surface area contributed by atoms with Gasteiger partial charge in [0.1, 0.15) is 12.1 Å². The van der Waals surface area contributed by atoms with Crippen molar-refractivity contribution in [1.82, 2.24) is 20.1 Å². The van der Waals surface area contributed by atoms with Gasteiger partial charge >= 0.3 is 0 Å². The number of anilines is 1. The van der Waals surface area contributed by atoms with Gasteiger partial charge in [-0.3, -0.25) is 5.32 Å². The van der Waals surface area contributed by atoms with Crippen LogP contribution in [0.2, 0.25) is 5.02 Å². The number of halogens is 2. The molecule has 2 aromatic rings. The summed E-state index contributed by atoms with van der Waals surface area (Å²) in [5.41, 5.74) is 0.767. The van der Waals surface area contributed by atoms with Crippen molar-refractivity contribution in [2.45, 2.75) is 26.3 Å². The predicted octanol–water partition coefficient (Wildman–Crippen LogP) is 3.21. The van der Waals surface area contributed by atoms with E-state index in [0.717, 1.165) is 24.9 Å². The summed E-state index contributed by atoms with van der Waals surface area (Å²) in [6, 6.07) is 4.27. The minimum Gasteiger partial charge on any atom is -0.362 e. The SMILES string of the molecule is CCCCNC(=S)Nc1ncn(Cc2ccc(F)cc2Cl)n1. The Morgan fingerprint density at radius 3 is 3.00 bits per heavy atom. The van der Waals surface area contributed by atoms with Gasteiger partial charge in [-0.1, -0.05) is 31.0 Å². The van der Waals surface area contributed by atoms with E-state index in [-0.39, 0.29) is 5.82 Å². The van der Waals surface area contributed by atoms with E-state index in [0.29, 0.717) is 22.6 Å². The van der Waals surface area contributed by atoms with Crippen LogP contribution in [0.25, 0.3) is 0 Å². The summed E-state index contributed by atoms with van der Waals surface area (Å²) < 4.78 is 14.6. The number of hydrogen-bond acceptors (Lipinski definition) is 3. The van der Waals surface area contributed by atoms with Gasteiger partial charge in [0.25, 0.3) is 0 Å². The minimum atomic E-state index is -0.363. The molecular weight excluding hydrogens is 325 g/mol. The maximum Gasteiger partial charge on any atom is 0.248 e. The molecule has 0 saturated carbocycles. The van der Waals surface area contributed by atoms with E-state index in [1.807, 2.05) is 0 Å². The van der Waals surface area contributed by atoms with Crippen molar-refractivity contribution in [2.24, 2.45) is 0 Å². The van der Waals surface area contributed by atoms with Gasteiger partial charge in [0.05, 0.1) is 6.54 Å². The molecule has 0 aliphatic carbocycles. The Kier molecular flexibility index (Phi) is 6.09. The Morgan fingerprint density at radius 1 is 1.45 bits per heavy atom. The first-order valence-electron chi connectivity index (χ1n) is 6.96. The predicted molar refractivity (Wildman–Crippen MR) is 89.7 cm³/mol. The van der Waals surface area contributed by atoms with Gasteiger partial charge in [0.2, 0.25) is 5.95 Å². The lowest BCUT2D eigenvalue weighted by molar-refractivity contribution is 0.624. The molecule has 0 radical (unpaired) electrons. The topological polar surface area (TPSA) is 54.8 Å². The van der Waals surface area contributed by atoms with Crippen LogP contribution in [0.3, 0.4) is 0 Å². The molecule has 5 nitrogen and oxygen atoms in total. The van der Waals surface area contributed by atoms with Crippen LogP contribution in [-0.4, -0.2) is 26.4 Å². The fourth-order valence-corrected chi connectivity index (χ4v) is 2.20. The number of thiocarbonyl (C=S) groups is 1. The van der Waals surface area contributed by atoms with Gasteiger partial charge in [-0.15, -0.1) is 5.10 Å². The van der Waals surface area contributed by atoms with E-state index in [1.165, 1.54) is 12.1 Å². The second kappa shape index (κ2) is 8.05. The molecule has 0 saturated heterocycles. The largest absolute Gasteiger partial charge is 0.362 e. The molecular formula is C14H17ClFN5S. The second-order valence-corrected chi connectivity index (χ2v) is 5.55. The van der Waals surface area contributed by atoms with Crippen LogP contribution in [0.5, 0.6) is 0 Å². The second-order valence-electron chi connectivity index (χ2n) is 4.74. The molecule has 2 rings (SSSR count). The van der Waals surface area contributed by atoms with Crippen molar-refractivity contribution < 1.29 is 4.39 Å². The summed E-state index contributed by atoms with van der Waals surface area (Å²) in [5.74, 6) is 0.0467. The minimum absolute atomic E-state index is 0.363. The molecule has 0 fully saturated rings. The molecule has 2 N–H and O–H groups in total. The highest BCUT2D eigenvalue weighted by Crippen LogP contribution is 2.18. The first-order valence-corrected chi connectivity index (χ1v) is 7.75. The molecule has 0 atom stereocenters. The smallest absolute Gasteiger partial charge is 0.248 e. The summed E-state index contributed by atoms with van der Waals surface area (Å²) in [6.07, 6.45) is 3.71. The van der Waals surface area contributed by atoms with Crippen molar-refractivity contribution in [3.63, 3.8) is 0 Å². The van der Waals surface area contributed by atoms with E-state index in [9.17, 15) is 4.39 Å². The molecule has 0 spiro atoms. The molecule has 0 bridgehead atoms. The first-order chi connectivity index (χ1) is 10.6. The monoisotopic (exact) mass is 341 g/mol. The lowest BCUT2D eigenvalue weighted by atomic mass is 10.2. The lowest BCUT2D eigenvalue weighted by Crippen LogP contribution is -2.29. The molecule has 0 amide bonds. The Morgan fingerprint density at radius 2 is 2.27 bits per heavy atom. The van der Waals surface area contributed by atoms with Crippen molar-refractivity contribution in [2.75, 3.05) is 11.9 Å². The van der Waals surface area contributed by atoms with Crippen molar-refractivity contribution in [3.8, 4) is 0 Å². The molecule has 22 heavy (non-hydrogen) atoms. The van der Waals surface area contributed by atoms with Gasteiger partial charge in [-0.05, 0) is 36.3 Å². The van der Waals surface area contributed by atoms with Crippen molar-refractivity contribution in [1.29, 1.82) is 0 Å². The number of hydrogen-bond donors (Lipinski definition) is 2. The highest BCUT2D eigenvalue weighted by atomic mass is 35.5. The number of nitrogens with one attached hydrogen (secondary N) is 2.